The lowest BCUT2D eigenvalue weighted by Gasteiger charge is -2.39. The summed E-state index contributed by atoms with van der Waals surface area (Å²) >= 11 is 0. The van der Waals surface area contributed by atoms with Crippen LogP contribution in [0.5, 0.6) is 0 Å². The number of halogens is 1. The van der Waals surface area contributed by atoms with E-state index < -0.39 is 0 Å². The Morgan fingerprint density at radius 3 is 0.893 bits per heavy atom. The molecular formula is C26H56IN. The average molecular weight is 510 g/mol. The van der Waals surface area contributed by atoms with E-state index in [0.29, 0.717) is 0 Å². The largest absolute Gasteiger partial charge is 1.00 e. The van der Waals surface area contributed by atoms with Gasteiger partial charge in [0.25, 0.3) is 0 Å². The van der Waals surface area contributed by atoms with Crippen LogP contribution in [0.2, 0.25) is 0 Å². The standard InChI is InChI=1S/C26H56N.HI/c1-5-9-11-13-15-17-19-21-25-27(23-7-3,24-8-4)26-22-20-18-16-14-12-10-6-2;/h5-26H2,1-4H3;1H/q+1;/p-1. The highest BCUT2D eigenvalue weighted by Gasteiger charge is 2.24. The van der Waals surface area contributed by atoms with Gasteiger partial charge in [-0.15, -0.1) is 0 Å². The predicted octanol–water partition coefficient (Wildman–Crippen LogP) is 5.91. The first-order valence-corrected chi connectivity index (χ1v) is 13.1. The predicted molar refractivity (Wildman–Crippen MR) is 126 cm³/mol. The lowest BCUT2D eigenvalue weighted by molar-refractivity contribution is -0.928. The molecule has 0 saturated heterocycles. The fourth-order valence-electron chi connectivity index (χ4n) is 4.78. The molecule has 0 radical (unpaired) electrons. The molecule has 0 N–H and O–H groups in total. The van der Waals surface area contributed by atoms with E-state index in [1.807, 2.05) is 0 Å². The van der Waals surface area contributed by atoms with E-state index in [1.54, 1.807) is 0 Å². The van der Waals surface area contributed by atoms with Crippen molar-refractivity contribution in [1.82, 2.24) is 0 Å². The van der Waals surface area contributed by atoms with Gasteiger partial charge in [-0.1, -0.05) is 105 Å². The quantitative estimate of drug-likeness (QED) is 0.0967. The van der Waals surface area contributed by atoms with Gasteiger partial charge in [0.1, 0.15) is 0 Å². The minimum atomic E-state index is 0. The van der Waals surface area contributed by atoms with Crippen LogP contribution >= 0.6 is 0 Å². The van der Waals surface area contributed by atoms with Gasteiger partial charge in [0.05, 0.1) is 26.2 Å². The molecule has 0 bridgehead atoms. The van der Waals surface area contributed by atoms with Gasteiger partial charge in [-0.25, -0.2) is 0 Å². The van der Waals surface area contributed by atoms with Crippen LogP contribution in [0, 0.1) is 0 Å². The molecule has 0 saturated carbocycles. The van der Waals surface area contributed by atoms with Gasteiger partial charge in [0, 0.05) is 0 Å². The van der Waals surface area contributed by atoms with Gasteiger partial charge >= 0.3 is 0 Å². The molecule has 1 nitrogen and oxygen atoms in total. The molecule has 0 heterocycles. The second-order valence-corrected chi connectivity index (χ2v) is 9.19. The Balaban J connectivity index is 0. The topological polar surface area (TPSA) is 0 Å². The van der Waals surface area contributed by atoms with E-state index in [9.17, 15) is 0 Å². The zero-order chi connectivity index (χ0) is 20.1. The molecular weight excluding hydrogens is 453 g/mol. The van der Waals surface area contributed by atoms with E-state index in [0.717, 1.165) is 0 Å². The molecule has 0 aromatic heterocycles. The third kappa shape index (κ3) is 18.7. The van der Waals surface area contributed by atoms with Crippen molar-refractivity contribution < 1.29 is 28.5 Å². The molecule has 0 atom stereocenters. The Hall–Kier alpha value is 0.690. The highest BCUT2D eigenvalue weighted by molar-refractivity contribution is 4.52. The first-order valence-electron chi connectivity index (χ1n) is 13.1. The Labute approximate surface area is 197 Å². The molecule has 28 heavy (non-hydrogen) atoms. The number of quaternary nitrogens is 1. The maximum absolute atomic E-state index is 2.39. The molecule has 0 fully saturated rings. The van der Waals surface area contributed by atoms with Crippen molar-refractivity contribution in [3.05, 3.63) is 0 Å². The third-order valence-corrected chi connectivity index (χ3v) is 6.37. The van der Waals surface area contributed by atoms with Crippen molar-refractivity contribution in [2.24, 2.45) is 0 Å². The van der Waals surface area contributed by atoms with Gasteiger partial charge in [0.2, 0.25) is 0 Å². The van der Waals surface area contributed by atoms with Gasteiger partial charge in [0.15, 0.2) is 0 Å². The van der Waals surface area contributed by atoms with Crippen LogP contribution in [-0.2, 0) is 0 Å². The van der Waals surface area contributed by atoms with Crippen LogP contribution in [0.1, 0.15) is 143 Å². The first-order chi connectivity index (χ1) is 13.2. The summed E-state index contributed by atoms with van der Waals surface area (Å²) in [6.45, 7) is 15.1. The van der Waals surface area contributed by atoms with Crippen molar-refractivity contribution in [1.29, 1.82) is 0 Å². The minimum Gasteiger partial charge on any atom is -1.00 e. The van der Waals surface area contributed by atoms with E-state index in [1.165, 1.54) is 146 Å². The Bertz CT molecular complexity index is 252. The van der Waals surface area contributed by atoms with Crippen molar-refractivity contribution in [3.63, 3.8) is 0 Å². The number of hydrogen-bond acceptors (Lipinski definition) is 0. The summed E-state index contributed by atoms with van der Waals surface area (Å²) in [5.74, 6) is 0. The van der Waals surface area contributed by atoms with Crippen molar-refractivity contribution in [3.8, 4) is 0 Å². The van der Waals surface area contributed by atoms with Crippen LogP contribution < -0.4 is 24.0 Å². The smallest absolute Gasteiger partial charge is 0.0786 e. The Morgan fingerprint density at radius 2 is 0.607 bits per heavy atom. The molecule has 0 unspecified atom stereocenters. The average Bonchev–Trinajstić information content (AvgIpc) is 2.66. The van der Waals surface area contributed by atoms with Gasteiger partial charge < -0.3 is 28.5 Å². The van der Waals surface area contributed by atoms with E-state index in [2.05, 4.69) is 27.7 Å². The number of unbranched alkanes of at least 4 members (excludes halogenated alkanes) is 14. The molecule has 0 rings (SSSR count). The SMILES string of the molecule is CCCCCCCCCC[N+](CCC)(CCC)CCCCCCCCCC.[I-]. The van der Waals surface area contributed by atoms with Crippen molar-refractivity contribution in [2.75, 3.05) is 26.2 Å². The monoisotopic (exact) mass is 509 g/mol. The second kappa shape index (κ2) is 24.0. The highest BCUT2D eigenvalue weighted by Crippen LogP contribution is 2.18. The number of rotatable bonds is 22. The molecule has 0 spiro atoms. The molecule has 0 aliphatic rings. The summed E-state index contributed by atoms with van der Waals surface area (Å²) < 4.78 is 1.43. The zero-order valence-electron chi connectivity index (χ0n) is 20.4. The molecule has 0 amide bonds. The fraction of sp³-hybridized carbons (Fsp3) is 1.00. The minimum absolute atomic E-state index is 0. The summed E-state index contributed by atoms with van der Waals surface area (Å²) in [4.78, 5) is 0. The van der Waals surface area contributed by atoms with E-state index in [4.69, 9.17) is 0 Å². The summed E-state index contributed by atoms with van der Waals surface area (Å²) in [6, 6.07) is 0. The van der Waals surface area contributed by atoms with E-state index in [-0.39, 0.29) is 24.0 Å². The van der Waals surface area contributed by atoms with Gasteiger partial charge in [-0.3, -0.25) is 0 Å². The van der Waals surface area contributed by atoms with Gasteiger partial charge in [-0.2, -0.15) is 0 Å². The van der Waals surface area contributed by atoms with Crippen molar-refractivity contribution >= 4 is 0 Å². The number of nitrogens with zero attached hydrogens (tertiary/aromatic N) is 1. The molecule has 0 aromatic carbocycles. The van der Waals surface area contributed by atoms with Crippen molar-refractivity contribution in [2.45, 2.75) is 143 Å². The normalized spacial score (nSPS) is 11.6. The second-order valence-electron chi connectivity index (χ2n) is 9.19. The van der Waals surface area contributed by atoms with E-state index >= 15 is 0 Å². The highest BCUT2D eigenvalue weighted by atomic mass is 127. The summed E-state index contributed by atoms with van der Waals surface area (Å²) in [5.41, 5.74) is 0. The first kappa shape index (κ1) is 30.9. The molecule has 172 valence electrons. The molecule has 0 aliphatic carbocycles. The van der Waals surface area contributed by atoms with Crippen LogP contribution in [0.25, 0.3) is 0 Å². The van der Waals surface area contributed by atoms with Crippen LogP contribution in [0.3, 0.4) is 0 Å². The van der Waals surface area contributed by atoms with Crippen LogP contribution in [0.4, 0.5) is 0 Å². The zero-order valence-corrected chi connectivity index (χ0v) is 22.5. The molecule has 2 heteroatoms. The Kier molecular flexibility index (Phi) is 26.4. The maximum atomic E-state index is 2.39. The number of hydrogen-bond donors (Lipinski definition) is 0. The lowest BCUT2D eigenvalue weighted by Crippen LogP contribution is -3.00. The summed E-state index contributed by atoms with van der Waals surface area (Å²) in [7, 11) is 0. The summed E-state index contributed by atoms with van der Waals surface area (Å²) in [5, 5.41) is 0. The van der Waals surface area contributed by atoms with Crippen LogP contribution in [-0.4, -0.2) is 30.7 Å². The Morgan fingerprint density at radius 1 is 0.321 bits per heavy atom. The lowest BCUT2D eigenvalue weighted by atomic mass is 10.1. The molecule has 0 aromatic rings. The fourth-order valence-corrected chi connectivity index (χ4v) is 4.78. The third-order valence-electron chi connectivity index (χ3n) is 6.37. The summed E-state index contributed by atoms with van der Waals surface area (Å²) in [6.07, 6.45) is 25.9. The molecule has 0 aliphatic heterocycles. The van der Waals surface area contributed by atoms with Crippen LogP contribution in [0.15, 0.2) is 0 Å². The maximum Gasteiger partial charge on any atom is 0.0786 e. The van der Waals surface area contributed by atoms with Gasteiger partial charge in [-0.05, 0) is 38.5 Å².